The molecule has 0 fully saturated rings. The third kappa shape index (κ3) is 4.49. The molecule has 0 amide bonds. The highest BCUT2D eigenvalue weighted by molar-refractivity contribution is 6.13. The van der Waals surface area contributed by atoms with Gasteiger partial charge in [0.05, 0.1) is 0 Å². The van der Waals surface area contributed by atoms with E-state index in [1.54, 1.807) is 0 Å². The molecule has 214 valence electrons. The van der Waals surface area contributed by atoms with Crippen molar-refractivity contribution < 1.29 is 0 Å². The standard InChI is InChI=1S/C43H27N3/c1-2-12-31(13-3-1)41-44-42(46-43(45-41)39-19-8-15-30-22-21-29-11-6-7-17-38(29)40(30)39)35-24-25-37-33(27-35)16-9-18-36(37)34-23-20-28-10-4-5-14-32(28)26-34/h1-27H. The van der Waals surface area contributed by atoms with Crippen molar-refractivity contribution in [2.24, 2.45) is 0 Å². The maximum absolute atomic E-state index is 5.16. The Balaban J connectivity index is 1.24. The lowest BCUT2D eigenvalue weighted by Gasteiger charge is -2.13. The van der Waals surface area contributed by atoms with Gasteiger partial charge in [0.25, 0.3) is 0 Å². The van der Waals surface area contributed by atoms with Gasteiger partial charge in [-0.2, -0.15) is 0 Å². The predicted molar refractivity (Wildman–Crippen MR) is 192 cm³/mol. The highest BCUT2D eigenvalue weighted by Gasteiger charge is 2.16. The zero-order valence-electron chi connectivity index (χ0n) is 24.9. The fraction of sp³-hybridized carbons (Fsp3) is 0. The second-order valence-corrected chi connectivity index (χ2v) is 11.7. The second kappa shape index (κ2) is 10.8. The normalized spacial score (nSPS) is 11.5. The van der Waals surface area contributed by atoms with Crippen molar-refractivity contribution in [1.82, 2.24) is 15.0 Å². The number of benzene rings is 8. The maximum Gasteiger partial charge on any atom is 0.164 e. The third-order valence-corrected chi connectivity index (χ3v) is 8.88. The van der Waals surface area contributed by atoms with Gasteiger partial charge in [0.1, 0.15) is 0 Å². The van der Waals surface area contributed by atoms with E-state index >= 15 is 0 Å². The molecule has 0 aliphatic rings. The van der Waals surface area contributed by atoms with Crippen molar-refractivity contribution in [3.63, 3.8) is 0 Å². The minimum Gasteiger partial charge on any atom is -0.208 e. The summed E-state index contributed by atoms with van der Waals surface area (Å²) in [7, 11) is 0. The maximum atomic E-state index is 5.16. The van der Waals surface area contributed by atoms with Crippen LogP contribution in [0.3, 0.4) is 0 Å². The number of nitrogens with zero attached hydrogens (tertiary/aromatic N) is 3. The molecule has 0 bridgehead atoms. The van der Waals surface area contributed by atoms with Gasteiger partial charge in [-0.1, -0.05) is 152 Å². The molecule has 0 aliphatic heterocycles. The highest BCUT2D eigenvalue weighted by Crippen LogP contribution is 2.36. The van der Waals surface area contributed by atoms with E-state index in [4.69, 9.17) is 15.0 Å². The zero-order valence-corrected chi connectivity index (χ0v) is 24.9. The molecular weight excluding hydrogens is 558 g/mol. The average Bonchev–Trinajstić information content (AvgIpc) is 3.14. The van der Waals surface area contributed by atoms with Crippen LogP contribution in [0.2, 0.25) is 0 Å². The molecule has 0 saturated heterocycles. The van der Waals surface area contributed by atoms with Crippen LogP contribution in [0, 0.1) is 0 Å². The molecule has 8 aromatic carbocycles. The summed E-state index contributed by atoms with van der Waals surface area (Å²) in [5, 5.41) is 9.50. The van der Waals surface area contributed by atoms with E-state index < -0.39 is 0 Å². The van der Waals surface area contributed by atoms with E-state index in [0.29, 0.717) is 17.5 Å². The fourth-order valence-corrected chi connectivity index (χ4v) is 6.62. The first kappa shape index (κ1) is 26.2. The molecule has 1 heterocycles. The van der Waals surface area contributed by atoms with Crippen LogP contribution in [-0.2, 0) is 0 Å². The largest absolute Gasteiger partial charge is 0.208 e. The van der Waals surface area contributed by atoms with Gasteiger partial charge in [-0.15, -0.1) is 0 Å². The van der Waals surface area contributed by atoms with Crippen LogP contribution < -0.4 is 0 Å². The number of aromatic nitrogens is 3. The van der Waals surface area contributed by atoms with Crippen LogP contribution in [0.5, 0.6) is 0 Å². The molecule has 0 unspecified atom stereocenters. The molecule has 0 aliphatic carbocycles. The Morgan fingerprint density at radius 2 is 0.870 bits per heavy atom. The summed E-state index contributed by atoms with van der Waals surface area (Å²) in [6.07, 6.45) is 0. The van der Waals surface area contributed by atoms with Crippen LogP contribution in [0.4, 0.5) is 0 Å². The molecule has 0 N–H and O–H groups in total. The summed E-state index contributed by atoms with van der Waals surface area (Å²) < 4.78 is 0. The summed E-state index contributed by atoms with van der Waals surface area (Å²) >= 11 is 0. The van der Waals surface area contributed by atoms with Crippen LogP contribution in [0.1, 0.15) is 0 Å². The van der Waals surface area contributed by atoms with Crippen molar-refractivity contribution in [2.75, 3.05) is 0 Å². The van der Waals surface area contributed by atoms with Crippen LogP contribution in [-0.4, -0.2) is 15.0 Å². The number of hydrogen-bond acceptors (Lipinski definition) is 3. The SMILES string of the molecule is c1ccc(-c2nc(-c3ccc4c(-c5ccc6ccccc6c5)cccc4c3)nc(-c3cccc4ccc5ccccc5c34)n2)cc1. The number of fused-ring (bicyclic) bond motifs is 5. The smallest absolute Gasteiger partial charge is 0.164 e. The lowest BCUT2D eigenvalue weighted by Crippen LogP contribution is -2.00. The second-order valence-electron chi connectivity index (χ2n) is 11.7. The molecule has 0 saturated carbocycles. The van der Waals surface area contributed by atoms with Crippen molar-refractivity contribution in [3.05, 3.63) is 164 Å². The minimum absolute atomic E-state index is 0.652. The summed E-state index contributed by atoms with van der Waals surface area (Å²) in [6.45, 7) is 0. The van der Waals surface area contributed by atoms with Crippen LogP contribution in [0.25, 0.3) is 88.4 Å². The lowest BCUT2D eigenvalue weighted by atomic mass is 9.95. The molecule has 0 atom stereocenters. The Bertz CT molecular complexity index is 2590. The highest BCUT2D eigenvalue weighted by atomic mass is 15.0. The van der Waals surface area contributed by atoms with Gasteiger partial charge in [0.15, 0.2) is 17.5 Å². The van der Waals surface area contributed by atoms with Gasteiger partial charge in [-0.25, -0.2) is 15.0 Å². The first-order valence-corrected chi connectivity index (χ1v) is 15.5. The monoisotopic (exact) mass is 585 g/mol. The van der Waals surface area contributed by atoms with Crippen molar-refractivity contribution in [3.8, 4) is 45.3 Å². The Morgan fingerprint density at radius 1 is 0.283 bits per heavy atom. The Labute approximate surface area is 266 Å². The first-order chi connectivity index (χ1) is 22.8. The van der Waals surface area contributed by atoms with Crippen LogP contribution >= 0.6 is 0 Å². The predicted octanol–water partition coefficient (Wildman–Crippen LogP) is 11.2. The Kier molecular flexibility index (Phi) is 6.14. The van der Waals surface area contributed by atoms with Gasteiger partial charge in [-0.05, 0) is 61.0 Å². The summed E-state index contributed by atoms with van der Waals surface area (Å²) in [6, 6.07) is 57.6. The van der Waals surface area contributed by atoms with Gasteiger partial charge >= 0.3 is 0 Å². The lowest BCUT2D eigenvalue weighted by molar-refractivity contribution is 1.08. The van der Waals surface area contributed by atoms with Crippen molar-refractivity contribution >= 4 is 43.1 Å². The molecule has 46 heavy (non-hydrogen) atoms. The zero-order chi connectivity index (χ0) is 30.5. The topological polar surface area (TPSA) is 38.7 Å². The molecule has 0 spiro atoms. The molecule has 9 aromatic rings. The van der Waals surface area contributed by atoms with E-state index in [-0.39, 0.29) is 0 Å². The minimum atomic E-state index is 0.652. The van der Waals surface area contributed by atoms with E-state index in [1.165, 1.54) is 38.1 Å². The summed E-state index contributed by atoms with van der Waals surface area (Å²) in [5.74, 6) is 1.97. The van der Waals surface area contributed by atoms with E-state index in [9.17, 15) is 0 Å². The van der Waals surface area contributed by atoms with E-state index in [1.807, 2.05) is 18.2 Å². The fourth-order valence-electron chi connectivity index (χ4n) is 6.62. The summed E-state index contributed by atoms with van der Waals surface area (Å²) in [5.41, 5.74) is 5.31. The molecule has 9 rings (SSSR count). The quantitative estimate of drug-likeness (QED) is 0.193. The Morgan fingerprint density at radius 3 is 1.74 bits per heavy atom. The van der Waals surface area contributed by atoms with Gasteiger partial charge < -0.3 is 0 Å². The number of rotatable bonds is 4. The Hall–Kier alpha value is -6.19. The van der Waals surface area contributed by atoms with Crippen molar-refractivity contribution in [2.45, 2.75) is 0 Å². The third-order valence-electron chi connectivity index (χ3n) is 8.88. The first-order valence-electron chi connectivity index (χ1n) is 15.5. The van der Waals surface area contributed by atoms with Gasteiger partial charge in [0.2, 0.25) is 0 Å². The molecule has 3 nitrogen and oxygen atoms in total. The van der Waals surface area contributed by atoms with Crippen molar-refractivity contribution in [1.29, 1.82) is 0 Å². The molecular formula is C43H27N3. The average molecular weight is 586 g/mol. The molecule has 0 radical (unpaired) electrons. The molecule has 3 heteroatoms. The van der Waals surface area contributed by atoms with Gasteiger partial charge in [-0.3, -0.25) is 0 Å². The number of hydrogen-bond donors (Lipinski definition) is 0. The van der Waals surface area contributed by atoms with Gasteiger partial charge in [0, 0.05) is 22.1 Å². The summed E-state index contributed by atoms with van der Waals surface area (Å²) in [4.78, 5) is 15.3. The van der Waals surface area contributed by atoms with E-state index in [0.717, 1.165) is 32.8 Å². The molecule has 1 aromatic heterocycles. The van der Waals surface area contributed by atoms with Crippen LogP contribution in [0.15, 0.2) is 164 Å². The van der Waals surface area contributed by atoms with E-state index in [2.05, 4.69) is 146 Å².